The van der Waals surface area contributed by atoms with Gasteiger partial charge in [0.05, 0.1) is 0 Å². The van der Waals surface area contributed by atoms with Crippen LogP contribution in [0.3, 0.4) is 0 Å². The highest BCUT2D eigenvalue weighted by molar-refractivity contribution is 6.31. The molecule has 0 spiro atoms. The van der Waals surface area contributed by atoms with Gasteiger partial charge >= 0.3 is 0 Å². The minimum absolute atomic E-state index is 0.422. The monoisotopic (exact) mass is 352 g/mol. The smallest absolute Gasteiger partial charge is 0.229 e. The van der Waals surface area contributed by atoms with E-state index in [0.717, 1.165) is 22.1 Å². The summed E-state index contributed by atoms with van der Waals surface area (Å²) in [6, 6.07) is 17.8. The maximum absolute atomic E-state index is 6.19. The Bertz CT molecular complexity index is 848. The van der Waals surface area contributed by atoms with Crippen molar-refractivity contribution in [3.63, 3.8) is 0 Å². The first-order valence-corrected chi connectivity index (χ1v) is 8.67. The number of rotatable bonds is 6. The molecule has 1 heterocycles. The van der Waals surface area contributed by atoms with Crippen molar-refractivity contribution in [2.45, 2.75) is 26.3 Å². The third-order valence-corrected chi connectivity index (χ3v) is 4.27. The molecule has 3 aromatic rings. The van der Waals surface area contributed by atoms with E-state index in [0.29, 0.717) is 18.4 Å². The van der Waals surface area contributed by atoms with Gasteiger partial charge in [-0.15, -0.1) is 0 Å². The van der Waals surface area contributed by atoms with E-state index < -0.39 is 0 Å². The molecule has 0 unspecified atom stereocenters. The van der Waals surface area contributed by atoms with E-state index in [1.54, 1.807) is 6.20 Å². The zero-order chi connectivity index (χ0) is 17.6. The standard InChI is InChI=1S/C20H21ClN4/c1-14(2)16-8-4-6-10-18(16)24-20-22-12-11-19(25-20)23-13-15-7-3-5-9-17(15)21/h3-12,14H,13H2,1-2H3,(H2,22,23,24,25). The lowest BCUT2D eigenvalue weighted by atomic mass is 10.0. The van der Waals surface area contributed by atoms with Gasteiger partial charge in [-0.25, -0.2) is 4.98 Å². The molecule has 25 heavy (non-hydrogen) atoms. The van der Waals surface area contributed by atoms with Crippen molar-refractivity contribution in [1.82, 2.24) is 9.97 Å². The Morgan fingerprint density at radius 1 is 1.00 bits per heavy atom. The zero-order valence-corrected chi connectivity index (χ0v) is 15.1. The number of nitrogens with zero attached hydrogens (tertiary/aromatic N) is 2. The number of halogens is 1. The molecule has 2 aromatic carbocycles. The summed E-state index contributed by atoms with van der Waals surface area (Å²) >= 11 is 6.19. The Hall–Kier alpha value is -2.59. The van der Waals surface area contributed by atoms with Gasteiger partial charge in [-0.3, -0.25) is 0 Å². The van der Waals surface area contributed by atoms with Crippen LogP contribution in [-0.4, -0.2) is 9.97 Å². The Balaban J connectivity index is 1.73. The molecule has 0 atom stereocenters. The van der Waals surface area contributed by atoms with Crippen LogP contribution in [-0.2, 0) is 6.54 Å². The van der Waals surface area contributed by atoms with Gasteiger partial charge < -0.3 is 10.6 Å². The lowest BCUT2D eigenvalue weighted by molar-refractivity contribution is 0.868. The summed E-state index contributed by atoms with van der Waals surface area (Å²) in [5, 5.41) is 7.35. The van der Waals surface area contributed by atoms with Gasteiger partial charge in [-0.2, -0.15) is 4.98 Å². The fraction of sp³-hybridized carbons (Fsp3) is 0.200. The molecule has 0 saturated carbocycles. The van der Waals surface area contributed by atoms with Crippen LogP contribution in [0, 0.1) is 0 Å². The molecular formula is C20H21ClN4. The quantitative estimate of drug-likeness (QED) is 0.605. The van der Waals surface area contributed by atoms with Crippen molar-refractivity contribution >= 4 is 29.1 Å². The summed E-state index contributed by atoms with van der Waals surface area (Å²) in [7, 11) is 0. The number of aromatic nitrogens is 2. The maximum atomic E-state index is 6.19. The van der Waals surface area contributed by atoms with Crippen LogP contribution in [0.4, 0.5) is 17.5 Å². The van der Waals surface area contributed by atoms with E-state index in [-0.39, 0.29) is 0 Å². The van der Waals surface area contributed by atoms with Crippen LogP contribution in [0.25, 0.3) is 0 Å². The first-order valence-electron chi connectivity index (χ1n) is 8.30. The molecule has 4 nitrogen and oxygen atoms in total. The summed E-state index contributed by atoms with van der Waals surface area (Å²) in [6.07, 6.45) is 1.74. The van der Waals surface area contributed by atoms with Crippen molar-refractivity contribution < 1.29 is 0 Å². The van der Waals surface area contributed by atoms with Gasteiger partial charge in [0.1, 0.15) is 5.82 Å². The number of para-hydroxylation sites is 1. The molecule has 3 rings (SSSR count). The van der Waals surface area contributed by atoms with Gasteiger partial charge in [-0.1, -0.05) is 61.8 Å². The van der Waals surface area contributed by atoms with E-state index in [1.165, 1.54) is 5.56 Å². The molecule has 0 aliphatic carbocycles. The third kappa shape index (κ3) is 4.48. The normalized spacial score (nSPS) is 10.7. The van der Waals surface area contributed by atoms with Crippen LogP contribution < -0.4 is 10.6 Å². The summed E-state index contributed by atoms with van der Waals surface area (Å²) in [4.78, 5) is 8.86. The summed E-state index contributed by atoms with van der Waals surface area (Å²) in [5.74, 6) is 1.74. The highest BCUT2D eigenvalue weighted by atomic mass is 35.5. The lowest BCUT2D eigenvalue weighted by Crippen LogP contribution is -2.05. The number of anilines is 3. The Morgan fingerprint density at radius 2 is 1.76 bits per heavy atom. The summed E-state index contributed by atoms with van der Waals surface area (Å²) < 4.78 is 0. The number of hydrogen-bond donors (Lipinski definition) is 2. The van der Waals surface area contributed by atoms with E-state index in [4.69, 9.17) is 11.6 Å². The SMILES string of the molecule is CC(C)c1ccccc1Nc1nccc(NCc2ccccc2Cl)n1. The Kier molecular flexibility index (Phi) is 5.51. The van der Waals surface area contributed by atoms with Crippen molar-refractivity contribution in [1.29, 1.82) is 0 Å². The van der Waals surface area contributed by atoms with Gasteiger partial charge in [0.2, 0.25) is 5.95 Å². The lowest BCUT2D eigenvalue weighted by Gasteiger charge is -2.14. The highest BCUT2D eigenvalue weighted by Crippen LogP contribution is 2.26. The van der Waals surface area contributed by atoms with Crippen LogP contribution in [0.15, 0.2) is 60.8 Å². The molecule has 0 bridgehead atoms. The predicted molar refractivity (Wildman–Crippen MR) is 105 cm³/mol. The minimum Gasteiger partial charge on any atom is -0.366 e. The average Bonchev–Trinajstić information content (AvgIpc) is 2.62. The van der Waals surface area contributed by atoms with Gasteiger partial charge in [0.15, 0.2) is 0 Å². The van der Waals surface area contributed by atoms with E-state index in [1.807, 2.05) is 48.5 Å². The average molecular weight is 353 g/mol. The Labute approximate surface area is 153 Å². The first-order chi connectivity index (χ1) is 12.1. The molecule has 0 fully saturated rings. The van der Waals surface area contributed by atoms with Gasteiger partial charge in [0, 0.05) is 23.5 Å². The van der Waals surface area contributed by atoms with Crippen LogP contribution in [0.1, 0.15) is 30.9 Å². The zero-order valence-electron chi connectivity index (χ0n) is 14.3. The fourth-order valence-corrected chi connectivity index (χ4v) is 2.78. The predicted octanol–water partition coefficient (Wildman–Crippen LogP) is 5.61. The second-order valence-corrected chi connectivity index (χ2v) is 6.48. The third-order valence-electron chi connectivity index (χ3n) is 3.90. The van der Waals surface area contributed by atoms with Crippen molar-refractivity contribution in [3.05, 3.63) is 76.9 Å². The fourth-order valence-electron chi connectivity index (χ4n) is 2.58. The van der Waals surface area contributed by atoms with E-state index >= 15 is 0 Å². The van der Waals surface area contributed by atoms with Crippen molar-refractivity contribution in [2.75, 3.05) is 10.6 Å². The molecule has 0 aliphatic heterocycles. The van der Waals surface area contributed by atoms with Crippen molar-refractivity contribution in [3.8, 4) is 0 Å². The molecule has 0 radical (unpaired) electrons. The molecule has 0 saturated heterocycles. The van der Waals surface area contributed by atoms with Gasteiger partial charge in [-0.05, 0) is 35.2 Å². The largest absolute Gasteiger partial charge is 0.366 e. The Morgan fingerprint density at radius 3 is 2.56 bits per heavy atom. The summed E-state index contributed by atoms with van der Waals surface area (Å²) in [6.45, 7) is 4.95. The summed E-state index contributed by atoms with van der Waals surface area (Å²) in [5.41, 5.74) is 3.30. The number of benzene rings is 2. The topological polar surface area (TPSA) is 49.8 Å². The van der Waals surface area contributed by atoms with Crippen LogP contribution in [0.5, 0.6) is 0 Å². The number of hydrogen-bond acceptors (Lipinski definition) is 4. The van der Waals surface area contributed by atoms with Crippen LogP contribution in [0.2, 0.25) is 5.02 Å². The molecule has 5 heteroatoms. The maximum Gasteiger partial charge on any atom is 0.229 e. The van der Waals surface area contributed by atoms with E-state index in [9.17, 15) is 0 Å². The molecule has 128 valence electrons. The minimum atomic E-state index is 0.422. The van der Waals surface area contributed by atoms with E-state index in [2.05, 4.69) is 40.5 Å². The van der Waals surface area contributed by atoms with Crippen molar-refractivity contribution in [2.24, 2.45) is 0 Å². The molecule has 1 aromatic heterocycles. The molecule has 2 N–H and O–H groups in total. The number of nitrogens with one attached hydrogen (secondary N) is 2. The second-order valence-electron chi connectivity index (χ2n) is 6.08. The molecule has 0 amide bonds. The molecular weight excluding hydrogens is 332 g/mol. The first kappa shape index (κ1) is 17.2. The second kappa shape index (κ2) is 7.99. The molecule has 0 aliphatic rings. The van der Waals surface area contributed by atoms with Crippen LogP contribution >= 0.6 is 11.6 Å². The van der Waals surface area contributed by atoms with Gasteiger partial charge in [0.25, 0.3) is 0 Å². The highest BCUT2D eigenvalue weighted by Gasteiger charge is 2.08.